The van der Waals surface area contributed by atoms with Crippen LogP contribution in [-0.2, 0) is 0 Å². The van der Waals surface area contributed by atoms with Gasteiger partial charge >= 0.3 is 5.97 Å². The minimum absolute atomic E-state index is 0.155. The van der Waals surface area contributed by atoms with Crippen LogP contribution in [0.2, 0.25) is 0 Å². The van der Waals surface area contributed by atoms with Gasteiger partial charge in [-0.2, -0.15) is 0 Å². The number of carboxylic acids is 1. The molecule has 0 atom stereocenters. The van der Waals surface area contributed by atoms with Crippen LogP contribution in [0.3, 0.4) is 0 Å². The van der Waals surface area contributed by atoms with E-state index in [1.807, 2.05) is 19.1 Å². The number of amides is 1. The Morgan fingerprint density at radius 1 is 0.962 bits per heavy atom. The molecule has 1 aliphatic rings. The van der Waals surface area contributed by atoms with Crippen LogP contribution in [-0.4, -0.2) is 55.1 Å². The molecule has 1 heterocycles. The quantitative estimate of drug-likeness (QED) is 0.884. The lowest BCUT2D eigenvalue weighted by Gasteiger charge is -2.35. The molecule has 2 aromatic carbocycles. The molecule has 6 heteroatoms. The minimum atomic E-state index is -1.01. The third-order valence-corrected chi connectivity index (χ3v) is 4.65. The second-order valence-electron chi connectivity index (χ2n) is 6.65. The molecule has 6 nitrogen and oxygen atoms in total. The van der Waals surface area contributed by atoms with Crippen molar-refractivity contribution in [1.29, 1.82) is 0 Å². The first kappa shape index (κ1) is 17.9. The number of benzene rings is 2. The lowest BCUT2D eigenvalue weighted by Crippen LogP contribution is -2.44. The standard InChI is InChI=1S/C20H23N3O3/c1-14-3-5-15(6-4-14)19(24)21-17-13-16(20(25)26)7-8-18(17)23-11-9-22(2)10-12-23/h3-8,13H,9-12H2,1-2H3,(H,21,24)(H,25,26). The summed E-state index contributed by atoms with van der Waals surface area (Å²) >= 11 is 0. The van der Waals surface area contributed by atoms with Crippen molar-refractivity contribution in [3.8, 4) is 0 Å². The van der Waals surface area contributed by atoms with Gasteiger partial charge in [0, 0.05) is 31.7 Å². The molecule has 3 rings (SSSR count). The van der Waals surface area contributed by atoms with Crippen LogP contribution in [0.4, 0.5) is 11.4 Å². The highest BCUT2D eigenvalue weighted by molar-refractivity contribution is 6.06. The molecule has 1 aliphatic heterocycles. The van der Waals surface area contributed by atoms with Crippen molar-refractivity contribution in [3.63, 3.8) is 0 Å². The van der Waals surface area contributed by atoms with Crippen LogP contribution in [0.5, 0.6) is 0 Å². The van der Waals surface area contributed by atoms with Crippen LogP contribution in [0, 0.1) is 6.92 Å². The van der Waals surface area contributed by atoms with Crippen molar-refractivity contribution in [2.45, 2.75) is 6.92 Å². The fourth-order valence-electron chi connectivity index (χ4n) is 2.99. The highest BCUT2D eigenvalue weighted by Crippen LogP contribution is 2.29. The number of hydrogen-bond acceptors (Lipinski definition) is 4. The monoisotopic (exact) mass is 353 g/mol. The van der Waals surface area contributed by atoms with E-state index in [9.17, 15) is 14.7 Å². The largest absolute Gasteiger partial charge is 0.478 e. The minimum Gasteiger partial charge on any atom is -0.478 e. The molecule has 0 unspecified atom stereocenters. The van der Waals surface area contributed by atoms with E-state index in [-0.39, 0.29) is 11.5 Å². The van der Waals surface area contributed by atoms with Crippen molar-refractivity contribution < 1.29 is 14.7 Å². The average Bonchev–Trinajstić information content (AvgIpc) is 2.63. The first-order valence-electron chi connectivity index (χ1n) is 8.63. The fraction of sp³-hybridized carbons (Fsp3) is 0.300. The topological polar surface area (TPSA) is 72.9 Å². The maximum atomic E-state index is 12.6. The molecule has 136 valence electrons. The normalized spacial score (nSPS) is 14.9. The summed E-state index contributed by atoms with van der Waals surface area (Å²) in [7, 11) is 2.07. The molecule has 2 N–H and O–H groups in total. The number of rotatable bonds is 4. The fourth-order valence-corrected chi connectivity index (χ4v) is 2.99. The Bertz CT molecular complexity index is 810. The van der Waals surface area contributed by atoms with Crippen molar-refractivity contribution in [3.05, 3.63) is 59.2 Å². The van der Waals surface area contributed by atoms with Crippen molar-refractivity contribution in [2.75, 3.05) is 43.4 Å². The molecule has 0 aromatic heterocycles. The molecule has 0 spiro atoms. The number of nitrogens with one attached hydrogen (secondary N) is 1. The highest BCUT2D eigenvalue weighted by Gasteiger charge is 2.20. The number of nitrogens with zero attached hydrogens (tertiary/aromatic N) is 2. The number of piperazine rings is 1. The molecule has 0 radical (unpaired) electrons. The number of aromatic carboxylic acids is 1. The van der Waals surface area contributed by atoms with E-state index in [1.165, 1.54) is 6.07 Å². The summed E-state index contributed by atoms with van der Waals surface area (Å²) in [5.74, 6) is -1.26. The SMILES string of the molecule is Cc1ccc(C(=O)Nc2cc(C(=O)O)ccc2N2CCN(C)CC2)cc1. The Morgan fingerprint density at radius 3 is 2.19 bits per heavy atom. The van der Waals surface area contributed by atoms with E-state index in [2.05, 4.69) is 22.2 Å². The maximum absolute atomic E-state index is 12.6. The van der Waals surface area contributed by atoms with Gasteiger partial charge in [0.25, 0.3) is 5.91 Å². The van der Waals surface area contributed by atoms with E-state index >= 15 is 0 Å². The van der Waals surface area contributed by atoms with Gasteiger partial charge < -0.3 is 20.2 Å². The van der Waals surface area contributed by atoms with Crippen molar-refractivity contribution in [1.82, 2.24) is 4.90 Å². The summed E-state index contributed by atoms with van der Waals surface area (Å²) < 4.78 is 0. The zero-order valence-electron chi connectivity index (χ0n) is 15.0. The number of carbonyl (C=O) groups excluding carboxylic acids is 1. The molecule has 1 fully saturated rings. The van der Waals surface area contributed by atoms with E-state index in [4.69, 9.17) is 0 Å². The first-order valence-corrected chi connectivity index (χ1v) is 8.63. The number of carbonyl (C=O) groups is 2. The van der Waals surface area contributed by atoms with Gasteiger partial charge in [-0.15, -0.1) is 0 Å². The van der Waals surface area contributed by atoms with Gasteiger partial charge in [-0.3, -0.25) is 4.79 Å². The van der Waals surface area contributed by atoms with Crippen LogP contribution < -0.4 is 10.2 Å². The third kappa shape index (κ3) is 4.03. The molecular weight excluding hydrogens is 330 g/mol. The van der Waals surface area contributed by atoms with E-state index in [0.717, 1.165) is 37.4 Å². The molecule has 26 heavy (non-hydrogen) atoms. The molecular formula is C20H23N3O3. The van der Waals surface area contributed by atoms with Crippen molar-refractivity contribution in [2.24, 2.45) is 0 Å². The zero-order chi connectivity index (χ0) is 18.7. The number of hydrogen-bond donors (Lipinski definition) is 2. The average molecular weight is 353 g/mol. The summed E-state index contributed by atoms with van der Waals surface area (Å²) in [6.45, 7) is 5.47. The first-order chi connectivity index (χ1) is 12.4. The van der Waals surface area contributed by atoms with Gasteiger partial charge in [-0.1, -0.05) is 17.7 Å². The van der Waals surface area contributed by atoms with Gasteiger partial charge in [-0.25, -0.2) is 4.79 Å². The van der Waals surface area contributed by atoms with Crippen LogP contribution >= 0.6 is 0 Å². The van der Waals surface area contributed by atoms with Gasteiger partial charge in [0.1, 0.15) is 0 Å². The zero-order valence-corrected chi connectivity index (χ0v) is 15.0. The van der Waals surface area contributed by atoms with Gasteiger partial charge in [0.15, 0.2) is 0 Å². The van der Waals surface area contributed by atoms with Crippen LogP contribution in [0.15, 0.2) is 42.5 Å². The Labute approximate surface area is 153 Å². The second kappa shape index (κ2) is 7.58. The Balaban J connectivity index is 1.89. The lowest BCUT2D eigenvalue weighted by atomic mass is 10.1. The van der Waals surface area contributed by atoms with Gasteiger partial charge in [0.2, 0.25) is 0 Å². The molecule has 0 saturated carbocycles. The van der Waals surface area contributed by atoms with Crippen LogP contribution in [0.1, 0.15) is 26.3 Å². The lowest BCUT2D eigenvalue weighted by molar-refractivity contribution is 0.0696. The maximum Gasteiger partial charge on any atom is 0.335 e. The van der Waals surface area contributed by atoms with Crippen molar-refractivity contribution >= 4 is 23.3 Å². The number of likely N-dealkylation sites (N-methyl/N-ethyl adjacent to an activating group) is 1. The van der Waals surface area contributed by atoms with E-state index < -0.39 is 5.97 Å². The highest BCUT2D eigenvalue weighted by atomic mass is 16.4. The van der Waals surface area contributed by atoms with E-state index in [0.29, 0.717) is 11.3 Å². The molecule has 0 aliphatic carbocycles. The molecule has 2 aromatic rings. The summed E-state index contributed by atoms with van der Waals surface area (Å²) in [5.41, 5.74) is 3.15. The number of anilines is 2. The molecule has 0 bridgehead atoms. The number of carboxylic acid groups (broad SMARTS) is 1. The third-order valence-electron chi connectivity index (χ3n) is 4.65. The Hall–Kier alpha value is -2.86. The molecule has 1 saturated heterocycles. The Morgan fingerprint density at radius 2 is 1.58 bits per heavy atom. The summed E-state index contributed by atoms with van der Waals surface area (Å²) in [4.78, 5) is 28.4. The predicted octanol–water partition coefficient (Wildman–Crippen LogP) is 2.70. The smallest absolute Gasteiger partial charge is 0.335 e. The summed E-state index contributed by atoms with van der Waals surface area (Å²) in [6, 6.07) is 12.2. The van der Waals surface area contributed by atoms with E-state index in [1.54, 1.807) is 24.3 Å². The Kier molecular flexibility index (Phi) is 5.23. The van der Waals surface area contributed by atoms with Crippen LogP contribution in [0.25, 0.3) is 0 Å². The number of aryl methyl sites for hydroxylation is 1. The predicted molar refractivity (Wildman–Crippen MR) is 102 cm³/mol. The second-order valence-corrected chi connectivity index (χ2v) is 6.65. The molecule has 1 amide bonds. The van der Waals surface area contributed by atoms with Gasteiger partial charge in [0.05, 0.1) is 16.9 Å². The summed E-state index contributed by atoms with van der Waals surface area (Å²) in [5, 5.41) is 12.2. The summed E-state index contributed by atoms with van der Waals surface area (Å²) in [6.07, 6.45) is 0. The van der Waals surface area contributed by atoms with Gasteiger partial charge in [-0.05, 0) is 44.3 Å².